The summed E-state index contributed by atoms with van der Waals surface area (Å²) in [5.41, 5.74) is 3.16. The molecule has 2 aromatic rings. The van der Waals surface area contributed by atoms with Crippen LogP contribution in [-0.2, 0) is 27.8 Å². The molecule has 1 heterocycles. The first-order valence-corrected chi connectivity index (χ1v) is 14.8. The van der Waals surface area contributed by atoms with Crippen molar-refractivity contribution in [2.45, 2.75) is 74.6 Å². The van der Waals surface area contributed by atoms with Crippen LogP contribution in [0.3, 0.4) is 0 Å². The fraction of sp³-hybridized carbons (Fsp3) is 0.500. The lowest BCUT2D eigenvalue weighted by molar-refractivity contribution is -0.158. The minimum atomic E-state index is -5.01. The van der Waals surface area contributed by atoms with Gasteiger partial charge in [0.25, 0.3) is 0 Å². The number of nitrogens with one attached hydrogen (secondary N) is 2. The Morgan fingerprint density at radius 1 is 1.08 bits per heavy atom. The largest absolute Gasteiger partial charge is 0.405 e. The number of likely N-dealkylation sites (tertiary alicyclic amines) is 1. The monoisotopic (exact) mass is 591 g/mol. The predicted molar refractivity (Wildman–Crippen MR) is 141 cm³/mol. The van der Waals surface area contributed by atoms with Crippen LogP contribution in [-0.4, -0.2) is 44.5 Å². The van der Waals surface area contributed by atoms with Gasteiger partial charge in [0.1, 0.15) is 10.9 Å². The molecule has 1 aliphatic carbocycles. The van der Waals surface area contributed by atoms with E-state index in [1.165, 1.54) is 37.0 Å². The molecular formula is C26H30Cl2F3N3O3S. The zero-order valence-corrected chi connectivity index (χ0v) is 23.0. The zero-order chi connectivity index (χ0) is 27.5. The van der Waals surface area contributed by atoms with Crippen LogP contribution < -0.4 is 10.0 Å². The van der Waals surface area contributed by atoms with Crippen LogP contribution in [0.4, 0.5) is 13.2 Å². The molecule has 1 saturated heterocycles. The molecule has 6 nitrogen and oxygen atoms in total. The van der Waals surface area contributed by atoms with Crippen LogP contribution in [0.25, 0.3) is 0 Å². The summed E-state index contributed by atoms with van der Waals surface area (Å²) < 4.78 is 68.3. The van der Waals surface area contributed by atoms with Gasteiger partial charge in [-0.15, -0.1) is 0 Å². The van der Waals surface area contributed by atoms with E-state index < -0.39 is 50.5 Å². The number of hydrogen-bond acceptors (Lipinski definition) is 4. The van der Waals surface area contributed by atoms with E-state index in [9.17, 15) is 26.4 Å². The molecule has 0 aromatic heterocycles. The first-order chi connectivity index (χ1) is 17.9. The quantitative estimate of drug-likeness (QED) is 0.408. The summed E-state index contributed by atoms with van der Waals surface area (Å²) >= 11 is 11.7. The fourth-order valence-corrected chi connectivity index (χ4v) is 7.08. The number of rotatable bonds is 8. The summed E-state index contributed by atoms with van der Waals surface area (Å²) in [5.74, 6) is -0.901. The van der Waals surface area contributed by atoms with Gasteiger partial charge in [-0.25, -0.2) is 8.42 Å². The Kier molecular flexibility index (Phi) is 9.30. The van der Waals surface area contributed by atoms with E-state index in [-0.39, 0.29) is 5.02 Å². The molecule has 38 heavy (non-hydrogen) atoms. The van der Waals surface area contributed by atoms with Crippen molar-refractivity contribution in [1.82, 2.24) is 14.9 Å². The second-order valence-electron chi connectivity index (χ2n) is 9.85. The van der Waals surface area contributed by atoms with Crippen molar-refractivity contribution < 1.29 is 26.4 Å². The van der Waals surface area contributed by atoms with Crippen LogP contribution in [0.2, 0.25) is 10.0 Å². The van der Waals surface area contributed by atoms with Crippen molar-refractivity contribution in [2.75, 3.05) is 13.1 Å². The number of amides is 1. The molecule has 0 spiro atoms. The Bertz CT molecular complexity index is 1270. The van der Waals surface area contributed by atoms with E-state index in [1.807, 2.05) is 12.1 Å². The number of aryl methyl sites for hydroxylation is 1. The number of alkyl halides is 3. The van der Waals surface area contributed by atoms with Crippen molar-refractivity contribution in [2.24, 2.45) is 0 Å². The smallest absolute Gasteiger partial charge is 0.349 e. The number of sulfonamides is 1. The van der Waals surface area contributed by atoms with E-state index in [4.69, 9.17) is 23.2 Å². The number of benzene rings is 2. The maximum atomic E-state index is 13.8. The number of hydrogen-bond donors (Lipinski definition) is 2. The van der Waals surface area contributed by atoms with Gasteiger partial charge in [0.05, 0.1) is 22.5 Å². The van der Waals surface area contributed by atoms with Gasteiger partial charge in [0.2, 0.25) is 15.9 Å². The van der Waals surface area contributed by atoms with Gasteiger partial charge in [0.15, 0.2) is 0 Å². The van der Waals surface area contributed by atoms with Gasteiger partial charge in [-0.2, -0.15) is 17.9 Å². The molecule has 208 valence electrons. The second kappa shape index (κ2) is 12.1. The summed E-state index contributed by atoms with van der Waals surface area (Å²) in [5, 5.41) is 2.18. The first-order valence-electron chi connectivity index (χ1n) is 12.6. The van der Waals surface area contributed by atoms with E-state index in [0.717, 1.165) is 49.7 Å². The standard InChI is InChI=1S/C26H30Cl2F3N3O3S/c27-20-7-5-9-22(25(20)28)38(36,37)33-23(26(29,30)31)15-24(35)32-21-8-4-6-18-14-17(10-11-19(18)21)16-34-12-2-1-3-13-34/h5,7,9-11,14,21,23,33H,1-4,6,8,12-13,15-16H2,(H,32,35)/t21-,23+/m1/s1. The molecule has 2 N–H and O–H groups in total. The Morgan fingerprint density at radius 2 is 1.82 bits per heavy atom. The molecule has 0 radical (unpaired) electrons. The van der Waals surface area contributed by atoms with Gasteiger partial charge in [0, 0.05) is 6.54 Å². The highest BCUT2D eigenvalue weighted by Gasteiger charge is 2.44. The topological polar surface area (TPSA) is 78.5 Å². The van der Waals surface area contributed by atoms with Crippen molar-refractivity contribution in [1.29, 1.82) is 0 Å². The number of carbonyl (C=O) groups is 1. The average molecular weight is 593 g/mol. The molecule has 1 fully saturated rings. The van der Waals surface area contributed by atoms with Crippen molar-refractivity contribution >= 4 is 39.1 Å². The molecule has 12 heteroatoms. The number of fused-ring (bicyclic) bond motifs is 1. The van der Waals surface area contributed by atoms with E-state index in [1.54, 1.807) is 4.72 Å². The summed E-state index contributed by atoms with van der Waals surface area (Å²) in [6.45, 7) is 3.00. The lowest BCUT2D eigenvalue weighted by Crippen LogP contribution is -2.48. The highest BCUT2D eigenvalue weighted by Crippen LogP contribution is 2.33. The molecule has 2 aliphatic rings. The van der Waals surface area contributed by atoms with Crippen LogP contribution >= 0.6 is 23.2 Å². The van der Waals surface area contributed by atoms with E-state index in [0.29, 0.717) is 6.42 Å². The lowest BCUT2D eigenvalue weighted by Gasteiger charge is -2.30. The molecule has 2 atom stereocenters. The van der Waals surface area contributed by atoms with Gasteiger partial charge in [-0.3, -0.25) is 9.69 Å². The van der Waals surface area contributed by atoms with Crippen molar-refractivity contribution in [3.05, 3.63) is 63.1 Å². The Morgan fingerprint density at radius 3 is 2.53 bits per heavy atom. The SMILES string of the molecule is O=C(C[C@H](NS(=O)(=O)c1cccc(Cl)c1Cl)C(F)(F)F)N[C@@H]1CCCc2cc(CN3CCCCC3)ccc21. The maximum Gasteiger partial charge on any atom is 0.405 e. The minimum absolute atomic E-state index is 0.120. The number of piperidine rings is 1. The summed E-state index contributed by atoms with van der Waals surface area (Å²) in [6.07, 6.45) is -0.268. The molecule has 2 aromatic carbocycles. The Hall–Kier alpha value is -1.85. The van der Waals surface area contributed by atoms with E-state index in [2.05, 4.69) is 16.3 Å². The van der Waals surface area contributed by atoms with Crippen molar-refractivity contribution in [3.63, 3.8) is 0 Å². The molecule has 1 aliphatic heterocycles. The Balaban J connectivity index is 1.44. The van der Waals surface area contributed by atoms with Gasteiger partial charge in [-0.05, 0) is 74.0 Å². The highest BCUT2D eigenvalue weighted by molar-refractivity contribution is 7.89. The van der Waals surface area contributed by atoms with Crippen LogP contribution in [0.1, 0.15) is 61.3 Å². The normalized spacial score (nSPS) is 19.6. The number of carbonyl (C=O) groups excluding carboxylic acids is 1. The van der Waals surface area contributed by atoms with Crippen molar-refractivity contribution in [3.8, 4) is 0 Å². The highest BCUT2D eigenvalue weighted by atomic mass is 35.5. The molecule has 0 bridgehead atoms. The van der Waals surface area contributed by atoms with Gasteiger partial charge >= 0.3 is 6.18 Å². The van der Waals surface area contributed by atoms with Gasteiger partial charge < -0.3 is 5.32 Å². The molecule has 0 unspecified atom stereocenters. The van der Waals surface area contributed by atoms with Crippen LogP contribution in [0, 0.1) is 0 Å². The van der Waals surface area contributed by atoms with Crippen LogP contribution in [0.15, 0.2) is 41.3 Å². The van der Waals surface area contributed by atoms with Crippen LogP contribution in [0.5, 0.6) is 0 Å². The van der Waals surface area contributed by atoms with E-state index >= 15 is 0 Å². The minimum Gasteiger partial charge on any atom is -0.349 e. The summed E-state index contributed by atoms with van der Waals surface area (Å²) in [6, 6.07) is 6.63. The maximum absolute atomic E-state index is 13.8. The summed E-state index contributed by atoms with van der Waals surface area (Å²) in [4.78, 5) is 14.6. The molecule has 0 saturated carbocycles. The molecular weight excluding hydrogens is 562 g/mol. The Labute approximate surface area is 230 Å². The lowest BCUT2D eigenvalue weighted by atomic mass is 9.86. The fourth-order valence-electron chi connectivity index (χ4n) is 5.10. The third-order valence-electron chi connectivity index (χ3n) is 7.00. The second-order valence-corrected chi connectivity index (χ2v) is 12.3. The molecule has 4 rings (SSSR count). The first kappa shape index (κ1) is 29.1. The number of nitrogens with zero attached hydrogens (tertiary/aromatic N) is 1. The predicted octanol–water partition coefficient (Wildman–Crippen LogP) is 5.77. The third-order valence-corrected chi connectivity index (χ3v) is 9.44. The average Bonchev–Trinajstić information content (AvgIpc) is 2.85. The molecule has 1 amide bonds. The number of halogens is 5. The zero-order valence-electron chi connectivity index (χ0n) is 20.7. The van der Waals surface area contributed by atoms with Gasteiger partial charge in [-0.1, -0.05) is 53.9 Å². The third kappa shape index (κ3) is 7.21. The summed E-state index contributed by atoms with van der Waals surface area (Å²) in [7, 11) is -4.71.